The monoisotopic (exact) mass is 198 g/mol. The Bertz CT molecular complexity index is 286. The van der Waals surface area contributed by atoms with Crippen molar-refractivity contribution in [3.8, 4) is 0 Å². The summed E-state index contributed by atoms with van der Waals surface area (Å²) in [5, 5.41) is 11.8. The van der Waals surface area contributed by atoms with Crippen LogP contribution < -0.4 is 0 Å². The van der Waals surface area contributed by atoms with Crippen LogP contribution in [0.25, 0.3) is 0 Å². The quantitative estimate of drug-likeness (QED) is 0.682. The van der Waals surface area contributed by atoms with Crippen molar-refractivity contribution >= 4 is 11.9 Å². The number of hydrogen-bond donors (Lipinski definition) is 1. The molecule has 5 nitrogen and oxygen atoms in total. The van der Waals surface area contributed by atoms with Gasteiger partial charge in [0, 0.05) is 19.0 Å². The summed E-state index contributed by atoms with van der Waals surface area (Å²) in [5.74, 6) is -1.02. The van der Waals surface area contributed by atoms with E-state index in [9.17, 15) is 9.59 Å². The molecule has 1 amide bonds. The second kappa shape index (κ2) is 2.95. The Labute approximate surface area is 82.3 Å². The molecule has 1 heterocycles. The molecule has 0 aromatic heterocycles. The lowest BCUT2D eigenvalue weighted by Gasteiger charge is -2.44. The zero-order valence-electron chi connectivity index (χ0n) is 8.19. The molecule has 0 aromatic carbocycles. The summed E-state index contributed by atoms with van der Waals surface area (Å²) >= 11 is 0. The minimum atomic E-state index is -0.957. The van der Waals surface area contributed by atoms with Crippen LogP contribution in [0.3, 0.4) is 0 Å². The summed E-state index contributed by atoms with van der Waals surface area (Å²) in [6.45, 7) is -0.211. The summed E-state index contributed by atoms with van der Waals surface area (Å²) in [5.41, 5.74) is -0.0491. The Balaban J connectivity index is 2.11. The van der Waals surface area contributed by atoms with Crippen LogP contribution in [0, 0.1) is 0 Å². The number of carbonyl (C=O) groups excluding carboxylic acids is 1. The number of aliphatic carboxylic acids is 1. The third kappa shape index (κ3) is 1.19. The zero-order chi connectivity index (χ0) is 10.3. The maximum atomic E-state index is 11.5. The van der Waals surface area contributed by atoms with Crippen LogP contribution in [0.4, 0.5) is 0 Å². The van der Waals surface area contributed by atoms with Crippen molar-refractivity contribution in [3.05, 3.63) is 0 Å². The smallest absolute Gasteiger partial charge is 0.324 e. The van der Waals surface area contributed by atoms with Crippen LogP contribution in [0.5, 0.6) is 0 Å². The van der Waals surface area contributed by atoms with Gasteiger partial charge in [-0.15, -0.1) is 0 Å². The van der Waals surface area contributed by atoms with Gasteiger partial charge in [0.05, 0.1) is 0 Å². The van der Waals surface area contributed by atoms with Crippen molar-refractivity contribution in [2.24, 2.45) is 0 Å². The molecule has 1 saturated heterocycles. The Morgan fingerprint density at radius 3 is 2.57 bits per heavy atom. The van der Waals surface area contributed by atoms with Gasteiger partial charge in [-0.25, -0.2) is 5.01 Å². The number of hydrazine groups is 1. The molecule has 1 spiro atoms. The van der Waals surface area contributed by atoms with Crippen LogP contribution in [0.1, 0.15) is 25.7 Å². The van der Waals surface area contributed by atoms with E-state index in [4.69, 9.17) is 5.11 Å². The van der Waals surface area contributed by atoms with Crippen LogP contribution >= 0.6 is 0 Å². The van der Waals surface area contributed by atoms with Gasteiger partial charge in [0.15, 0.2) is 0 Å². The molecule has 2 fully saturated rings. The largest absolute Gasteiger partial charge is 0.480 e. The maximum absolute atomic E-state index is 11.5. The molecule has 78 valence electrons. The topological polar surface area (TPSA) is 60.9 Å². The highest BCUT2D eigenvalue weighted by Gasteiger charge is 2.51. The van der Waals surface area contributed by atoms with Crippen LogP contribution in [0.2, 0.25) is 0 Å². The molecule has 14 heavy (non-hydrogen) atoms. The van der Waals surface area contributed by atoms with Crippen molar-refractivity contribution in [1.29, 1.82) is 0 Å². The molecule has 0 radical (unpaired) electrons. The molecule has 2 aliphatic rings. The summed E-state index contributed by atoms with van der Waals surface area (Å²) in [6, 6.07) is 0. The molecule has 0 atom stereocenters. The Morgan fingerprint density at radius 1 is 1.57 bits per heavy atom. The van der Waals surface area contributed by atoms with Gasteiger partial charge in [0.1, 0.15) is 6.54 Å². The highest BCUT2D eigenvalue weighted by atomic mass is 16.4. The molecular weight excluding hydrogens is 184 g/mol. The van der Waals surface area contributed by atoms with Crippen molar-refractivity contribution in [2.75, 3.05) is 13.6 Å². The number of nitrogens with zero attached hydrogens (tertiary/aromatic N) is 2. The van der Waals surface area contributed by atoms with Crippen LogP contribution in [0.15, 0.2) is 0 Å². The van der Waals surface area contributed by atoms with Crippen LogP contribution in [-0.2, 0) is 9.59 Å². The zero-order valence-corrected chi connectivity index (χ0v) is 8.19. The SMILES string of the molecule is CN1N(CC(=O)O)C(=O)CC12CCC2. The summed E-state index contributed by atoms with van der Waals surface area (Å²) < 4.78 is 0. The molecule has 1 saturated carbocycles. The Hall–Kier alpha value is -1.10. The Kier molecular flexibility index (Phi) is 1.99. The molecule has 1 N–H and O–H groups in total. The predicted octanol–water partition coefficient (Wildman–Crippen LogP) is 0.0728. The highest BCUT2D eigenvalue weighted by molar-refractivity contribution is 5.83. The molecule has 1 aliphatic heterocycles. The number of carboxylic acid groups (broad SMARTS) is 1. The van der Waals surface area contributed by atoms with E-state index in [0.29, 0.717) is 6.42 Å². The fourth-order valence-corrected chi connectivity index (χ4v) is 2.32. The summed E-state index contributed by atoms with van der Waals surface area (Å²) in [4.78, 5) is 22.1. The van der Waals surface area contributed by atoms with E-state index in [1.165, 1.54) is 5.01 Å². The third-order valence-electron chi connectivity index (χ3n) is 3.39. The van der Waals surface area contributed by atoms with Gasteiger partial charge in [0.25, 0.3) is 0 Å². The van der Waals surface area contributed by atoms with E-state index < -0.39 is 5.97 Å². The molecule has 0 bridgehead atoms. The third-order valence-corrected chi connectivity index (χ3v) is 3.39. The minimum Gasteiger partial charge on any atom is -0.480 e. The lowest BCUT2D eigenvalue weighted by Crippen LogP contribution is -2.52. The van der Waals surface area contributed by atoms with Gasteiger partial charge in [0.2, 0.25) is 5.91 Å². The second-order valence-electron chi connectivity index (χ2n) is 4.12. The molecule has 0 unspecified atom stereocenters. The summed E-state index contributed by atoms with van der Waals surface area (Å²) in [7, 11) is 1.81. The first-order chi connectivity index (χ1) is 6.55. The van der Waals surface area contributed by atoms with Gasteiger partial charge in [-0.3, -0.25) is 14.6 Å². The standard InChI is InChI=1S/C9H14N2O3/c1-10-9(3-2-4-9)5-7(12)11(10)6-8(13)14/h2-6H2,1H3,(H,13,14). The lowest BCUT2D eigenvalue weighted by molar-refractivity contribution is -0.154. The predicted molar refractivity (Wildman–Crippen MR) is 48.3 cm³/mol. The first-order valence-corrected chi connectivity index (χ1v) is 4.81. The van der Waals surface area contributed by atoms with E-state index >= 15 is 0 Å². The molecule has 1 aliphatic carbocycles. The summed E-state index contributed by atoms with van der Waals surface area (Å²) in [6.07, 6.45) is 3.63. The first kappa shape index (κ1) is 9.45. The van der Waals surface area contributed by atoms with E-state index in [0.717, 1.165) is 19.3 Å². The second-order valence-corrected chi connectivity index (χ2v) is 4.12. The fourth-order valence-electron chi connectivity index (χ4n) is 2.32. The number of carboxylic acids is 1. The van der Waals surface area contributed by atoms with Gasteiger partial charge in [-0.1, -0.05) is 0 Å². The first-order valence-electron chi connectivity index (χ1n) is 4.81. The fraction of sp³-hybridized carbons (Fsp3) is 0.778. The average molecular weight is 198 g/mol. The molecule has 2 rings (SSSR count). The van der Waals surface area contributed by atoms with Crippen LogP contribution in [-0.4, -0.2) is 46.1 Å². The number of rotatable bonds is 2. The molecular formula is C9H14N2O3. The van der Waals surface area contributed by atoms with Gasteiger partial charge in [-0.2, -0.15) is 0 Å². The van der Waals surface area contributed by atoms with E-state index in [1.807, 2.05) is 12.1 Å². The number of amides is 1. The molecule has 5 heteroatoms. The van der Waals surface area contributed by atoms with E-state index in [-0.39, 0.29) is 18.0 Å². The Morgan fingerprint density at radius 2 is 2.21 bits per heavy atom. The maximum Gasteiger partial charge on any atom is 0.324 e. The van der Waals surface area contributed by atoms with Gasteiger partial charge < -0.3 is 5.11 Å². The van der Waals surface area contributed by atoms with Gasteiger partial charge in [-0.05, 0) is 19.3 Å². The van der Waals surface area contributed by atoms with Crippen molar-refractivity contribution in [3.63, 3.8) is 0 Å². The minimum absolute atomic E-state index is 0.0491. The van der Waals surface area contributed by atoms with Crippen molar-refractivity contribution < 1.29 is 14.7 Å². The van der Waals surface area contributed by atoms with Crippen molar-refractivity contribution in [2.45, 2.75) is 31.2 Å². The average Bonchev–Trinajstić information content (AvgIpc) is 2.27. The normalized spacial score (nSPS) is 25.5. The highest BCUT2D eigenvalue weighted by Crippen LogP contribution is 2.44. The van der Waals surface area contributed by atoms with E-state index in [1.54, 1.807) is 0 Å². The van der Waals surface area contributed by atoms with E-state index in [2.05, 4.69) is 0 Å². The lowest BCUT2D eigenvalue weighted by atomic mass is 9.75. The number of hydrogen-bond acceptors (Lipinski definition) is 3. The molecule has 0 aromatic rings. The van der Waals surface area contributed by atoms with Crippen molar-refractivity contribution in [1.82, 2.24) is 10.0 Å². The van der Waals surface area contributed by atoms with Gasteiger partial charge >= 0.3 is 5.97 Å². The number of carbonyl (C=O) groups is 2.